The summed E-state index contributed by atoms with van der Waals surface area (Å²) in [5, 5.41) is 13.4. The van der Waals surface area contributed by atoms with Crippen LogP contribution in [0.1, 0.15) is 17.7 Å². The SMILES string of the molecule is Oc1c(Cl)cccc1CNCCCOCc1ccco1. The van der Waals surface area contributed by atoms with Crippen LogP contribution < -0.4 is 5.32 Å². The molecule has 108 valence electrons. The molecule has 0 radical (unpaired) electrons. The molecular weight excluding hydrogens is 278 g/mol. The van der Waals surface area contributed by atoms with Crippen molar-refractivity contribution in [1.82, 2.24) is 5.32 Å². The lowest BCUT2D eigenvalue weighted by Gasteiger charge is -2.08. The number of furan rings is 1. The summed E-state index contributed by atoms with van der Waals surface area (Å²) in [4.78, 5) is 0. The van der Waals surface area contributed by atoms with E-state index in [9.17, 15) is 5.11 Å². The van der Waals surface area contributed by atoms with E-state index in [1.54, 1.807) is 12.3 Å². The maximum absolute atomic E-state index is 9.74. The maximum Gasteiger partial charge on any atom is 0.138 e. The zero-order valence-corrected chi connectivity index (χ0v) is 11.9. The number of halogens is 1. The minimum Gasteiger partial charge on any atom is -0.506 e. The summed E-state index contributed by atoms with van der Waals surface area (Å²) in [6, 6.07) is 9.08. The first-order chi connectivity index (χ1) is 9.77. The van der Waals surface area contributed by atoms with Gasteiger partial charge in [0.05, 0.1) is 11.3 Å². The van der Waals surface area contributed by atoms with Crippen molar-refractivity contribution in [2.24, 2.45) is 0 Å². The second-order valence-corrected chi connectivity index (χ2v) is 4.82. The summed E-state index contributed by atoms with van der Waals surface area (Å²) in [7, 11) is 0. The van der Waals surface area contributed by atoms with E-state index in [1.165, 1.54) is 0 Å². The highest BCUT2D eigenvalue weighted by Crippen LogP contribution is 2.26. The molecule has 1 aromatic carbocycles. The smallest absolute Gasteiger partial charge is 0.138 e. The molecule has 0 saturated carbocycles. The molecule has 5 heteroatoms. The summed E-state index contributed by atoms with van der Waals surface area (Å²) >= 11 is 5.84. The first-order valence-electron chi connectivity index (χ1n) is 6.54. The van der Waals surface area contributed by atoms with Gasteiger partial charge in [0.2, 0.25) is 0 Å². The van der Waals surface area contributed by atoms with Crippen molar-refractivity contribution >= 4 is 11.6 Å². The van der Waals surface area contributed by atoms with E-state index >= 15 is 0 Å². The van der Waals surface area contributed by atoms with E-state index in [0.29, 0.717) is 24.8 Å². The number of phenolic OH excluding ortho intramolecular Hbond substituents is 1. The second-order valence-electron chi connectivity index (χ2n) is 4.41. The second kappa shape index (κ2) is 7.94. The predicted molar refractivity (Wildman–Crippen MR) is 77.8 cm³/mol. The standard InChI is InChI=1S/C15H18ClNO3/c16-14-6-1-4-12(15(14)18)10-17-7-3-8-19-11-13-5-2-9-20-13/h1-2,4-6,9,17-18H,3,7-8,10-11H2. The summed E-state index contributed by atoms with van der Waals surface area (Å²) in [6.07, 6.45) is 2.53. The van der Waals surface area contributed by atoms with Gasteiger partial charge in [0.1, 0.15) is 18.1 Å². The molecule has 2 N–H and O–H groups in total. The number of nitrogens with one attached hydrogen (secondary N) is 1. The number of phenols is 1. The van der Waals surface area contributed by atoms with E-state index in [2.05, 4.69) is 5.32 Å². The van der Waals surface area contributed by atoms with Crippen LogP contribution in [0.3, 0.4) is 0 Å². The summed E-state index contributed by atoms with van der Waals surface area (Å²) in [5.41, 5.74) is 0.800. The van der Waals surface area contributed by atoms with Crippen molar-refractivity contribution in [3.63, 3.8) is 0 Å². The zero-order chi connectivity index (χ0) is 14.2. The predicted octanol–water partition coefficient (Wildman–Crippen LogP) is 3.34. The van der Waals surface area contributed by atoms with Gasteiger partial charge < -0.3 is 19.6 Å². The molecule has 0 amide bonds. The fraction of sp³-hybridized carbons (Fsp3) is 0.333. The largest absolute Gasteiger partial charge is 0.506 e. The Hall–Kier alpha value is -1.49. The minimum absolute atomic E-state index is 0.149. The van der Waals surface area contributed by atoms with Crippen LogP contribution in [0.2, 0.25) is 5.02 Å². The van der Waals surface area contributed by atoms with Crippen molar-refractivity contribution in [2.75, 3.05) is 13.2 Å². The number of ether oxygens (including phenoxy) is 1. The lowest BCUT2D eigenvalue weighted by Crippen LogP contribution is -2.16. The third-order valence-electron chi connectivity index (χ3n) is 2.85. The fourth-order valence-electron chi connectivity index (χ4n) is 1.79. The monoisotopic (exact) mass is 295 g/mol. The molecule has 0 aliphatic rings. The Morgan fingerprint density at radius 3 is 2.95 bits per heavy atom. The van der Waals surface area contributed by atoms with Crippen LogP contribution in [0.15, 0.2) is 41.0 Å². The highest BCUT2D eigenvalue weighted by atomic mass is 35.5. The van der Waals surface area contributed by atoms with Crippen LogP contribution in [0, 0.1) is 0 Å². The first-order valence-corrected chi connectivity index (χ1v) is 6.92. The van der Waals surface area contributed by atoms with Gasteiger partial charge in [-0.05, 0) is 31.2 Å². The van der Waals surface area contributed by atoms with E-state index in [4.69, 9.17) is 20.8 Å². The van der Waals surface area contributed by atoms with E-state index in [0.717, 1.165) is 24.3 Å². The van der Waals surface area contributed by atoms with Crippen molar-refractivity contribution in [3.8, 4) is 5.75 Å². The molecule has 2 aromatic rings. The molecule has 0 fully saturated rings. The molecule has 0 bridgehead atoms. The Bertz CT molecular complexity index is 514. The van der Waals surface area contributed by atoms with E-state index in [-0.39, 0.29) is 5.75 Å². The van der Waals surface area contributed by atoms with Crippen molar-refractivity contribution in [1.29, 1.82) is 0 Å². The number of hydrogen-bond acceptors (Lipinski definition) is 4. The Labute approximate surface area is 123 Å². The number of aromatic hydroxyl groups is 1. The van der Waals surface area contributed by atoms with Crippen LogP contribution in [0.5, 0.6) is 5.75 Å². The number of hydrogen-bond donors (Lipinski definition) is 2. The Morgan fingerprint density at radius 2 is 2.15 bits per heavy atom. The molecule has 0 atom stereocenters. The fourth-order valence-corrected chi connectivity index (χ4v) is 1.99. The third-order valence-corrected chi connectivity index (χ3v) is 3.16. The van der Waals surface area contributed by atoms with Crippen LogP contribution in [0.4, 0.5) is 0 Å². The molecular formula is C15H18ClNO3. The molecule has 0 aliphatic carbocycles. The van der Waals surface area contributed by atoms with Gasteiger partial charge in [0.15, 0.2) is 0 Å². The van der Waals surface area contributed by atoms with Gasteiger partial charge in [0, 0.05) is 18.7 Å². The van der Waals surface area contributed by atoms with E-state index < -0.39 is 0 Å². The average Bonchev–Trinajstić information content (AvgIpc) is 2.95. The van der Waals surface area contributed by atoms with Gasteiger partial charge in [0.25, 0.3) is 0 Å². The third kappa shape index (κ3) is 4.56. The van der Waals surface area contributed by atoms with Crippen LogP contribution in [-0.4, -0.2) is 18.3 Å². The van der Waals surface area contributed by atoms with Crippen molar-refractivity contribution in [2.45, 2.75) is 19.6 Å². The molecule has 20 heavy (non-hydrogen) atoms. The maximum atomic E-state index is 9.74. The van der Waals surface area contributed by atoms with Gasteiger partial charge >= 0.3 is 0 Å². The normalized spacial score (nSPS) is 10.8. The summed E-state index contributed by atoms with van der Waals surface area (Å²) in [5.74, 6) is 0.984. The van der Waals surface area contributed by atoms with Crippen molar-refractivity contribution in [3.05, 3.63) is 52.9 Å². The lowest BCUT2D eigenvalue weighted by molar-refractivity contribution is 0.104. The molecule has 4 nitrogen and oxygen atoms in total. The molecule has 0 unspecified atom stereocenters. The first kappa shape index (κ1) is 14.9. The van der Waals surface area contributed by atoms with Crippen LogP contribution in [0.25, 0.3) is 0 Å². The Morgan fingerprint density at radius 1 is 1.25 bits per heavy atom. The average molecular weight is 296 g/mol. The highest BCUT2D eigenvalue weighted by molar-refractivity contribution is 6.32. The molecule has 0 saturated heterocycles. The van der Waals surface area contributed by atoms with E-state index in [1.807, 2.05) is 24.3 Å². The Kier molecular flexibility index (Phi) is 5.92. The van der Waals surface area contributed by atoms with Gasteiger partial charge in [-0.15, -0.1) is 0 Å². The van der Waals surface area contributed by atoms with Gasteiger partial charge in [-0.1, -0.05) is 23.7 Å². The highest BCUT2D eigenvalue weighted by Gasteiger charge is 2.03. The Balaban J connectivity index is 1.56. The molecule has 0 aliphatic heterocycles. The topological polar surface area (TPSA) is 54.6 Å². The quantitative estimate of drug-likeness (QED) is 0.734. The number of para-hydroxylation sites is 1. The molecule has 0 spiro atoms. The van der Waals surface area contributed by atoms with Crippen LogP contribution in [-0.2, 0) is 17.9 Å². The minimum atomic E-state index is 0.149. The van der Waals surface area contributed by atoms with Crippen LogP contribution >= 0.6 is 11.6 Å². The number of benzene rings is 1. The molecule has 1 heterocycles. The number of rotatable bonds is 8. The molecule has 1 aromatic heterocycles. The van der Waals surface area contributed by atoms with Gasteiger partial charge in [-0.3, -0.25) is 0 Å². The van der Waals surface area contributed by atoms with Crippen molar-refractivity contribution < 1.29 is 14.3 Å². The molecule has 2 rings (SSSR count). The van der Waals surface area contributed by atoms with Gasteiger partial charge in [-0.2, -0.15) is 0 Å². The zero-order valence-electron chi connectivity index (χ0n) is 11.1. The van der Waals surface area contributed by atoms with Gasteiger partial charge in [-0.25, -0.2) is 0 Å². The lowest BCUT2D eigenvalue weighted by atomic mass is 10.2. The summed E-state index contributed by atoms with van der Waals surface area (Å²) < 4.78 is 10.6. The summed E-state index contributed by atoms with van der Waals surface area (Å²) in [6.45, 7) is 2.56.